The van der Waals surface area contributed by atoms with Gasteiger partial charge in [0.15, 0.2) is 0 Å². The predicted octanol–water partition coefficient (Wildman–Crippen LogP) is 2.40. The SMILES string of the molecule is CO[C@@H]1CCN(C(=O)c2nc3c(o2)CCN(Cc2ccccc2C)C3)C1. The molecule has 6 heteroatoms. The molecule has 2 aliphatic rings. The zero-order chi connectivity index (χ0) is 18.1. The molecule has 0 N–H and O–H groups in total. The minimum atomic E-state index is -0.121. The van der Waals surface area contributed by atoms with Crippen LogP contribution in [0.3, 0.4) is 0 Å². The Morgan fingerprint density at radius 3 is 2.96 bits per heavy atom. The van der Waals surface area contributed by atoms with Crippen LogP contribution in [0.2, 0.25) is 0 Å². The first-order chi connectivity index (χ1) is 12.6. The van der Waals surface area contributed by atoms with Crippen molar-refractivity contribution >= 4 is 5.91 Å². The molecule has 6 nitrogen and oxygen atoms in total. The van der Waals surface area contributed by atoms with Crippen molar-refractivity contribution in [2.75, 3.05) is 26.7 Å². The molecule has 2 aliphatic heterocycles. The van der Waals surface area contributed by atoms with Gasteiger partial charge < -0.3 is 14.1 Å². The maximum Gasteiger partial charge on any atom is 0.309 e. The fraction of sp³-hybridized carbons (Fsp3) is 0.500. The van der Waals surface area contributed by atoms with E-state index in [1.807, 2.05) is 0 Å². The summed E-state index contributed by atoms with van der Waals surface area (Å²) in [7, 11) is 1.69. The fourth-order valence-corrected chi connectivity index (χ4v) is 3.75. The Kier molecular flexibility index (Phi) is 4.78. The zero-order valence-electron chi connectivity index (χ0n) is 15.4. The number of fused-ring (bicyclic) bond motifs is 1. The lowest BCUT2D eigenvalue weighted by Crippen LogP contribution is -2.30. The number of carbonyl (C=O) groups excluding carboxylic acids is 1. The Morgan fingerprint density at radius 1 is 1.35 bits per heavy atom. The van der Waals surface area contributed by atoms with Gasteiger partial charge in [0.05, 0.1) is 11.8 Å². The average Bonchev–Trinajstić information content (AvgIpc) is 3.29. The average molecular weight is 355 g/mol. The number of methoxy groups -OCH3 is 1. The van der Waals surface area contributed by atoms with E-state index in [9.17, 15) is 4.79 Å². The van der Waals surface area contributed by atoms with Gasteiger partial charge in [-0.2, -0.15) is 0 Å². The minimum absolute atomic E-state index is 0.119. The number of aromatic nitrogens is 1. The lowest BCUT2D eigenvalue weighted by atomic mass is 10.1. The maximum absolute atomic E-state index is 12.6. The van der Waals surface area contributed by atoms with Crippen molar-refractivity contribution in [1.82, 2.24) is 14.8 Å². The van der Waals surface area contributed by atoms with Gasteiger partial charge in [0, 0.05) is 46.3 Å². The maximum atomic E-state index is 12.6. The van der Waals surface area contributed by atoms with E-state index in [0.29, 0.717) is 13.1 Å². The van der Waals surface area contributed by atoms with Crippen molar-refractivity contribution in [3.05, 3.63) is 52.7 Å². The molecular formula is C20H25N3O3. The van der Waals surface area contributed by atoms with E-state index >= 15 is 0 Å². The molecule has 0 unspecified atom stereocenters. The Balaban J connectivity index is 1.44. The van der Waals surface area contributed by atoms with Crippen molar-refractivity contribution in [1.29, 1.82) is 0 Å². The second kappa shape index (κ2) is 7.21. The molecule has 0 spiro atoms. The van der Waals surface area contributed by atoms with E-state index in [1.165, 1.54) is 11.1 Å². The fourth-order valence-electron chi connectivity index (χ4n) is 3.75. The van der Waals surface area contributed by atoms with Crippen molar-refractivity contribution in [3.63, 3.8) is 0 Å². The van der Waals surface area contributed by atoms with Crippen LogP contribution in [0.25, 0.3) is 0 Å². The Hall–Kier alpha value is -2.18. The van der Waals surface area contributed by atoms with Crippen LogP contribution in [0.15, 0.2) is 28.7 Å². The number of carbonyl (C=O) groups is 1. The lowest BCUT2D eigenvalue weighted by Gasteiger charge is -2.25. The number of oxazole rings is 1. The molecule has 1 aromatic heterocycles. The van der Waals surface area contributed by atoms with Gasteiger partial charge >= 0.3 is 5.91 Å². The van der Waals surface area contributed by atoms with Crippen LogP contribution in [-0.4, -0.2) is 53.5 Å². The van der Waals surface area contributed by atoms with Crippen LogP contribution in [0.5, 0.6) is 0 Å². The molecule has 138 valence electrons. The number of benzene rings is 1. The van der Waals surface area contributed by atoms with Crippen LogP contribution in [-0.2, 0) is 24.2 Å². The molecule has 0 bridgehead atoms. The van der Waals surface area contributed by atoms with Gasteiger partial charge in [-0.3, -0.25) is 9.69 Å². The number of ether oxygens (including phenoxy) is 1. The summed E-state index contributed by atoms with van der Waals surface area (Å²) >= 11 is 0. The van der Waals surface area contributed by atoms with E-state index in [1.54, 1.807) is 12.0 Å². The summed E-state index contributed by atoms with van der Waals surface area (Å²) in [6, 6.07) is 8.45. The molecule has 3 heterocycles. The number of hydrogen-bond acceptors (Lipinski definition) is 5. The molecule has 1 atom stereocenters. The lowest BCUT2D eigenvalue weighted by molar-refractivity contribution is 0.0687. The molecule has 1 saturated heterocycles. The first kappa shape index (κ1) is 17.2. The standard InChI is InChI=1S/C20H25N3O3/c1-14-5-3-4-6-15(14)11-22-9-8-18-17(13-22)21-19(26-18)20(24)23-10-7-16(12-23)25-2/h3-6,16H,7-13H2,1-2H3/t16-/m1/s1. The van der Waals surface area contributed by atoms with Crippen LogP contribution in [0, 0.1) is 6.92 Å². The second-order valence-electron chi connectivity index (χ2n) is 7.17. The first-order valence-electron chi connectivity index (χ1n) is 9.21. The summed E-state index contributed by atoms with van der Waals surface area (Å²) < 4.78 is 11.1. The third-order valence-electron chi connectivity index (χ3n) is 5.41. The summed E-state index contributed by atoms with van der Waals surface area (Å²) in [5, 5.41) is 0. The summed E-state index contributed by atoms with van der Waals surface area (Å²) in [5.74, 6) is 0.964. The molecule has 1 aromatic carbocycles. The van der Waals surface area contributed by atoms with Crippen molar-refractivity contribution in [2.24, 2.45) is 0 Å². The highest BCUT2D eigenvalue weighted by Gasteiger charge is 2.31. The zero-order valence-corrected chi connectivity index (χ0v) is 15.4. The van der Waals surface area contributed by atoms with Crippen molar-refractivity contribution in [3.8, 4) is 0 Å². The van der Waals surface area contributed by atoms with Gasteiger partial charge in [-0.15, -0.1) is 0 Å². The molecule has 26 heavy (non-hydrogen) atoms. The normalized spacial score (nSPS) is 20.4. The largest absolute Gasteiger partial charge is 0.437 e. The Labute approximate surface area is 153 Å². The summed E-state index contributed by atoms with van der Waals surface area (Å²) in [5.41, 5.74) is 3.53. The van der Waals surface area contributed by atoms with Crippen LogP contribution >= 0.6 is 0 Å². The Bertz CT molecular complexity index is 801. The van der Waals surface area contributed by atoms with E-state index < -0.39 is 0 Å². The van der Waals surface area contributed by atoms with Gasteiger partial charge in [0.2, 0.25) is 0 Å². The second-order valence-corrected chi connectivity index (χ2v) is 7.17. The smallest absolute Gasteiger partial charge is 0.309 e. The van der Waals surface area contributed by atoms with Gasteiger partial charge in [0.25, 0.3) is 5.89 Å². The molecular weight excluding hydrogens is 330 g/mol. The summed E-state index contributed by atoms with van der Waals surface area (Å²) in [6.07, 6.45) is 1.78. The number of amides is 1. The van der Waals surface area contributed by atoms with Crippen LogP contribution in [0.1, 0.15) is 39.7 Å². The van der Waals surface area contributed by atoms with Gasteiger partial charge in [0.1, 0.15) is 5.76 Å². The number of hydrogen-bond donors (Lipinski definition) is 0. The topological polar surface area (TPSA) is 58.8 Å². The minimum Gasteiger partial charge on any atom is -0.437 e. The number of likely N-dealkylation sites (tertiary alicyclic amines) is 1. The highest BCUT2D eigenvalue weighted by atomic mass is 16.5. The van der Waals surface area contributed by atoms with Crippen molar-refractivity contribution < 1.29 is 13.9 Å². The predicted molar refractivity (Wildman–Crippen MR) is 96.8 cm³/mol. The molecule has 2 aromatic rings. The number of aryl methyl sites for hydroxylation is 1. The number of rotatable bonds is 4. The van der Waals surface area contributed by atoms with Crippen LogP contribution < -0.4 is 0 Å². The van der Waals surface area contributed by atoms with E-state index in [-0.39, 0.29) is 17.9 Å². The first-order valence-corrected chi connectivity index (χ1v) is 9.21. The summed E-state index contributed by atoms with van der Waals surface area (Å²) in [4.78, 5) is 21.3. The molecule has 0 aliphatic carbocycles. The molecule has 4 rings (SSSR count). The van der Waals surface area contributed by atoms with E-state index in [2.05, 4.69) is 41.1 Å². The van der Waals surface area contributed by atoms with Gasteiger partial charge in [-0.25, -0.2) is 4.98 Å². The van der Waals surface area contributed by atoms with Gasteiger partial charge in [-0.05, 0) is 24.5 Å². The number of nitrogens with zero attached hydrogens (tertiary/aromatic N) is 3. The van der Waals surface area contributed by atoms with E-state index in [0.717, 1.165) is 43.9 Å². The molecule has 1 fully saturated rings. The molecule has 0 saturated carbocycles. The summed E-state index contributed by atoms with van der Waals surface area (Å²) in [6.45, 7) is 5.98. The molecule has 0 radical (unpaired) electrons. The van der Waals surface area contributed by atoms with Gasteiger partial charge in [-0.1, -0.05) is 24.3 Å². The van der Waals surface area contributed by atoms with Crippen molar-refractivity contribution in [2.45, 2.75) is 39.0 Å². The Morgan fingerprint density at radius 2 is 2.19 bits per heavy atom. The third-order valence-corrected chi connectivity index (χ3v) is 5.41. The monoisotopic (exact) mass is 355 g/mol. The highest BCUT2D eigenvalue weighted by Crippen LogP contribution is 2.24. The quantitative estimate of drug-likeness (QED) is 0.843. The highest BCUT2D eigenvalue weighted by molar-refractivity contribution is 5.90. The third kappa shape index (κ3) is 3.39. The van der Waals surface area contributed by atoms with Crippen LogP contribution in [0.4, 0.5) is 0 Å². The van der Waals surface area contributed by atoms with E-state index in [4.69, 9.17) is 9.15 Å². The molecule has 1 amide bonds.